The zero-order valence-electron chi connectivity index (χ0n) is 10.1. The monoisotopic (exact) mass is 325 g/mol. The van der Waals surface area contributed by atoms with Crippen LogP contribution in [-0.4, -0.2) is 29.3 Å². The fourth-order valence-corrected chi connectivity index (χ4v) is 1.71. The Balaban J connectivity index is 1.92. The molecule has 0 saturated heterocycles. The minimum Gasteiger partial charge on any atom is -0.307 e. The second-order valence-electron chi connectivity index (χ2n) is 3.92. The van der Waals surface area contributed by atoms with Gasteiger partial charge in [-0.15, -0.1) is 0 Å². The Hall–Kier alpha value is -2.09. The van der Waals surface area contributed by atoms with Gasteiger partial charge in [-0.1, -0.05) is 15.9 Å². The lowest BCUT2D eigenvalue weighted by Crippen LogP contribution is -2.55. The van der Waals surface area contributed by atoms with Gasteiger partial charge < -0.3 is 5.32 Å². The van der Waals surface area contributed by atoms with E-state index in [0.717, 1.165) is 9.48 Å². The van der Waals surface area contributed by atoms with Gasteiger partial charge >= 0.3 is 12.1 Å². The average Bonchev–Trinajstić information content (AvgIpc) is 2.37. The van der Waals surface area contributed by atoms with Crippen LogP contribution in [0.4, 0.5) is 15.3 Å². The van der Waals surface area contributed by atoms with Gasteiger partial charge in [-0.3, -0.25) is 0 Å². The van der Waals surface area contributed by atoms with Gasteiger partial charge in [0.25, 0.3) is 0 Å². The number of hydrogen-bond donors (Lipinski definition) is 3. The lowest BCUT2D eigenvalue weighted by Gasteiger charge is -2.25. The van der Waals surface area contributed by atoms with E-state index in [-0.39, 0.29) is 6.54 Å². The van der Waals surface area contributed by atoms with Crippen LogP contribution >= 0.6 is 15.9 Å². The van der Waals surface area contributed by atoms with Crippen molar-refractivity contribution in [2.45, 2.75) is 6.92 Å². The normalized spacial score (nSPS) is 14.5. The molecule has 1 aliphatic rings. The number of hydrazine groups is 1. The summed E-state index contributed by atoms with van der Waals surface area (Å²) in [6.45, 7) is 2.00. The highest BCUT2D eigenvalue weighted by Gasteiger charge is 2.20. The number of amides is 4. The molecule has 19 heavy (non-hydrogen) atoms. The molecule has 100 valence electrons. The highest BCUT2D eigenvalue weighted by molar-refractivity contribution is 9.10. The molecule has 2 rings (SSSR count). The summed E-state index contributed by atoms with van der Waals surface area (Å²) in [5.74, 6) is 0. The molecule has 0 atom stereocenters. The maximum absolute atomic E-state index is 11.7. The number of rotatable bonds is 2. The molecule has 8 heteroatoms. The highest BCUT2D eigenvalue weighted by atomic mass is 79.9. The minimum absolute atomic E-state index is 0.250. The fraction of sp³-hybridized carbons (Fsp3) is 0.182. The molecule has 1 aromatic rings. The Labute approximate surface area is 118 Å². The average molecular weight is 326 g/mol. The van der Waals surface area contributed by atoms with Crippen LogP contribution in [0.15, 0.2) is 33.8 Å². The Bertz CT molecular complexity index is 528. The topological polar surface area (TPSA) is 85.8 Å². The number of hydrogen-bond acceptors (Lipinski definition) is 3. The third-order valence-corrected chi connectivity index (χ3v) is 2.84. The van der Waals surface area contributed by atoms with Crippen LogP contribution in [0.1, 0.15) is 6.92 Å². The molecule has 3 N–H and O–H groups in total. The first-order chi connectivity index (χ1) is 9.04. The Morgan fingerprint density at radius 2 is 2.11 bits per heavy atom. The van der Waals surface area contributed by atoms with E-state index in [2.05, 4.69) is 37.2 Å². The van der Waals surface area contributed by atoms with E-state index in [9.17, 15) is 9.59 Å². The van der Waals surface area contributed by atoms with Crippen LogP contribution in [0.25, 0.3) is 0 Å². The molecule has 0 bridgehead atoms. The molecule has 0 unspecified atom stereocenters. The number of benzene rings is 1. The number of urea groups is 2. The molecule has 0 aromatic heterocycles. The SMILES string of the molecule is CC1=NNC(=O)N(NC(=O)Nc2ccc(Br)cc2)C1. The summed E-state index contributed by atoms with van der Waals surface area (Å²) in [5, 5.41) is 7.53. The zero-order chi connectivity index (χ0) is 13.8. The largest absolute Gasteiger partial charge is 0.356 e. The molecule has 7 nitrogen and oxygen atoms in total. The molecule has 1 aromatic carbocycles. The van der Waals surface area contributed by atoms with Crippen molar-refractivity contribution < 1.29 is 9.59 Å². The Morgan fingerprint density at radius 3 is 2.79 bits per heavy atom. The van der Waals surface area contributed by atoms with Gasteiger partial charge in [0.05, 0.1) is 12.3 Å². The second kappa shape index (κ2) is 5.70. The summed E-state index contributed by atoms with van der Waals surface area (Å²) in [6, 6.07) is 6.13. The second-order valence-corrected chi connectivity index (χ2v) is 4.84. The molecule has 0 saturated carbocycles. The molecular weight excluding hydrogens is 314 g/mol. The zero-order valence-corrected chi connectivity index (χ0v) is 11.7. The maximum Gasteiger partial charge on any atom is 0.356 e. The smallest absolute Gasteiger partial charge is 0.307 e. The predicted molar refractivity (Wildman–Crippen MR) is 74.6 cm³/mol. The van der Waals surface area contributed by atoms with Crippen LogP contribution < -0.4 is 16.2 Å². The summed E-state index contributed by atoms with van der Waals surface area (Å²) < 4.78 is 0.917. The van der Waals surface area contributed by atoms with Crippen molar-refractivity contribution in [1.29, 1.82) is 0 Å². The lowest BCUT2D eigenvalue weighted by molar-refractivity contribution is 0.177. The van der Waals surface area contributed by atoms with Crippen molar-refractivity contribution in [3.8, 4) is 0 Å². The van der Waals surface area contributed by atoms with Crippen LogP contribution in [0.3, 0.4) is 0 Å². The number of anilines is 1. The predicted octanol–water partition coefficient (Wildman–Crippen LogP) is 1.89. The van der Waals surface area contributed by atoms with E-state index in [1.165, 1.54) is 0 Å². The first-order valence-electron chi connectivity index (χ1n) is 5.48. The van der Waals surface area contributed by atoms with E-state index in [4.69, 9.17) is 0 Å². The van der Waals surface area contributed by atoms with E-state index in [0.29, 0.717) is 11.4 Å². The summed E-state index contributed by atoms with van der Waals surface area (Å²) in [7, 11) is 0. The van der Waals surface area contributed by atoms with Crippen molar-refractivity contribution in [3.05, 3.63) is 28.7 Å². The van der Waals surface area contributed by atoms with E-state index in [1.807, 2.05) is 0 Å². The van der Waals surface area contributed by atoms with Crippen LogP contribution in [0.2, 0.25) is 0 Å². The molecule has 0 aliphatic carbocycles. The van der Waals surface area contributed by atoms with Crippen molar-refractivity contribution in [3.63, 3.8) is 0 Å². The molecule has 4 amide bonds. The summed E-state index contributed by atoms with van der Waals surface area (Å²) >= 11 is 3.30. The van der Waals surface area contributed by atoms with Crippen LogP contribution in [0, 0.1) is 0 Å². The maximum atomic E-state index is 11.7. The third-order valence-electron chi connectivity index (χ3n) is 2.31. The number of nitrogens with one attached hydrogen (secondary N) is 3. The van der Waals surface area contributed by atoms with Gasteiger partial charge in [0.1, 0.15) is 0 Å². The van der Waals surface area contributed by atoms with Gasteiger partial charge in [-0.25, -0.2) is 25.4 Å². The fourth-order valence-electron chi connectivity index (χ4n) is 1.44. The van der Waals surface area contributed by atoms with Crippen molar-refractivity contribution >= 4 is 39.4 Å². The van der Waals surface area contributed by atoms with Crippen LogP contribution in [0.5, 0.6) is 0 Å². The Morgan fingerprint density at radius 1 is 1.42 bits per heavy atom. The highest BCUT2D eigenvalue weighted by Crippen LogP contribution is 2.13. The van der Waals surface area contributed by atoms with Gasteiger partial charge in [-0.2, -0.15) is 5.10 Å². The minimum atomic E-state index is -0.493. The van der Waals surface area contributed by atoms with E-state index >= 15 is 0 Å². The molecule has 1 aliphatic heterocycles. The van der Waals surface area contributed by atoms with Crippen molar-refractivity contribution in [1.82, 2.24) is 15.9 Å². The summed E-state index contributed by atoms with van der Waals surface area (Å²) in [5.41, 5.74) is 6.05. The van der Waals surface area contributed by atoms with Gasteiger partial charge in [0, 0.05) is 10.2 Å². The summed E-state index contributed by atoms with van der Waals surface area (Å²) in [4.78, 5) is 23.2. The number of carbonyl (C=O) groups is 2. The first-order valence-corrected chi connectivity index (χ1v) is 6.28. The van der Waals surface area contributed by atoms with E-state index in [1.54, 1.807) is 31.2 Å². The van der Waals surface area contributed by atoms with Crippen LogP contribution in [-0.2, 0) is 0 Å². The number of halogens is 1. The number of carbonyl (C=O) groups excluding carboxylic acids is 2. The third kappa shape index (κ3) is 3.68. The molecule has 1 heterocycles. The first kappa shape index (κ1) is 13.3. The van der Waals surface area contributed by atoms with Crippen molar-refractivity contribution in [2.24, 2.45) is 5.10 Å². The summed E-state index contributed by atoms with van der Waals surface area (Å²) in [6.07, 6.45) is 0. The molecule has 0 radical (unpaired) electrons. The quantitative estimate of drug-likeness (QED) is 0.775. The van der Waals surface area contributed by atoms with Gasteiger partial charge in [0.2, 0.25) is 0 Å². The number of hydrazone groups is 1. The molecule has 0 fully saturated rings. The standard InChI is InChI=1S/C11H12BrN5O2/c1-7-6-17(11(19)15-14-7)16-10(18)13-9-4-2-8(12)3-5-9/h2-5H,6H2,1H3,(H,15,19)(H2,13,16,18). The molecular formula is C11H12BrN5O2. The van der Waals surface area contributed by atoms with Gasteiger partial charge in [-0.05, 0) is 31.2 Å². The molecule has 0 spiro atoms. The lowest BCUT2D eigenvalue weighted by atomic mass is 10.3. The number of nitrogens with zero attached hydrogens (tertiary/aromatic N) is 2. The van der Waals surface area contributed by atoms with Gasteiger partial charge in [0.15, 0.2) is 0 Å². The van der Waals surface area contributed by atoms with Crippen molar-refractivity contribution in [2.75, 3.05) is 11.9 Å². The van der Waals surface area contributed by atoms with E-state index < -0.39 is 12.1 Å². The Kier molecular flexibility index (Phi) is 4.00.